The van der Waals surface area contributed by atoms with Gasteiger partial charge in [0.05, 0.1) is 6.04 Å². The fraction of sp³-hybridized carbons (Fsp3) is 0.500. The molecule has 4 N–H and O–H groups in total. The monoisotopic (exact) mass is 291 g/mol. The lowest BCUT2D eigenvalue weighted by Gasteiger charge is -2.12. The van der Waals surface area contributed by atoms with Crippen LogP contribution in [0.25, 0.3) is 0 Å². The Morgan fingerprint density at radius 1 is 1.19 bits per heavy atom. The van der Waals surface area contributed by atoms with E-state index in [1.165, 1.54) is 0 Å². The molecule has 0 aromatic heterocycles. The summed E-state index contributed by atoms with van der Waals surface area (Å²) in [5.74, 6) is -0.314. The van der Waals surface area contributed by atoms with Crippen LogP contribution in [-0.4, -0.2) is 23.9 Å². The molecule has 0 aliphatic rings. The summed E-state index contributed by atoms with van der Waals surface area (Å²) in [6.45, 7) is 5.87. The molecule has 0 saturated heterocycles. The summed E-state index contributed by atoms with van der Waals surface area (Å²) in [6.07, 6.45) is 2.63. The van der Waals surface area contributed by atoms with Crippen LogP contribution in [0.3, 0.4) is 0 Å². The smallest absolute Gasteiger partial charge is 0.251 e. The van der Waals surface area contributed by atoms with E-state index < -0.39 is 6.04 Å². The summed E-state index contributed by atoms with van der Waals surface area (Å²) in [5.41, 5.74) is 7.02. The summed E-state index contributed by atoms with van der Waals surface area (Å²) in [7, 11) is 0. The highest BCUT2D eigenvalue weighted by molar-refractivity contribution is 5.97. The third-order valence-corrected chi connectivity index (χ3v) is 3.04. The van der Waals surface area contributed by atoms with Crippen LogP contribution in [0.15, 0.2) is 24.3 Å². The zero-order chi connectivity index (χ0) is 15.8. The maximum Gasteiger partial charge on any atom is 0.251 e. The van der Waals surface area contributed by atoms with Crippen molar-refractivity contribution in [2.75, 3.05) is 5.32 Å². The van der Waals surface area contributed by atoms with Gasteiger partial charge in [-0.05, 0) is 44.5 Å². The lowest BCUT2D eigenvalue weighted by Crippen LogP contribution is -2.35. The molecule has 5 heteroatoms. The Morgan fingerprint density at radius 2 is 1.81 bits per heavy atom. The van der Waals surface area contributed by atoms with Crippen molar-refractivity contribution in [2.45, 2.75) is 52.1 Å². The molecular weight excluding hydrogens is 266 g/mol. The second kappa shape index (κ2) is 8.42. The van der Waals surface area contributed by atoms with Crippen molar-refractivity contribution in [3.05, 3.63) is 29.8 Å². The predicted octanol–water partition coefficient (Wildman–Crippen LogP) is 2.28. The summed E-state index contributed by atoms with van der Waals surface area (Å²) < 4.78 is 0. The van der Waals surface area contributed by atoms with Gasteiger partial charge in [0.25, 0.3) is 5.91 Å². The third kappa shape index (κ3) is 5.95. The minimum Gasteiger partial charge on any atom is -0.350 e. The second-order valence-corrected chi connectivity index (χ2v) is 5.44. The quantitative estimate of drug-likeness (QED) is 0.720. The zero-order valence-electron chi connectivity index (χ0n) is 13.0. The lowest BCUT2D eigenvalue weighted by atomic mass is 10.1. The Labute approximate surface area is 126 Å². The van der Waals surface area contributed by atoms with E-state index in [-0.39, 0.29) is 17.9 Å². The van der Waals surface area contributed by atoms with Crippen molar-refractivity contribution >= 4 is 17.5 Å². The van der Waals surface area contributed by atoms with E-state index in [1.807, 2.05) is 13.8 Å². The van der Waals surface area contributed by atoms with Crippen LogP contribution in [-0.2, 0) is 4.79 Å². The molecule has 0 aliphatic carbocycles. The van der Waals surface area contributed by atoms with Crippen LogP contribution >= 0.6 is 0 Å². The molecule has 0 saturated carbocycles. The van der Waals surface area contributed by atoms with Gasteiger partial charge in [-0.3, -0.25) is 9.59 Å². The molecule has 0 radical (unpaired) electrons. The lowest BCUT2D eigenvalue weighted by molar-refractivity contribution is -0.117. The predicted molar refractivity (Wildman–Crippen MR) is 85.2 cm³/mol. The van der Waals surface area contributed by atoms with Crippen LogP contribution in [0.5, 0.6) is 0 Å². The van der Waals surface area contributed by atoms with Gasteiger partial charge in [-0.15, -0.1) is 0 Å². The molecule has 0 aliphatic heterocycles. The average Bonchev–Trinajstić information content (AvgIpc) is 2.44. The van der Waals surface area contributed by atoms with Crippen molar-refractivity contribution in [1.29, 1.82) is 0 Å². The fourth-order valence-corrected chi connectivity index (χ4v) is 1.84. The number of amides is 2. The zero-order valence-corrected chi connectivity index (χ0v) is 13.0. The molecule has 116 valence electrons. The van der Waals surface area contributed by atoms with Gasteiger partial charge in [0.15, 0.2) is 0 Å². The van der Waals surface area contributed by atoms with Gasteiger partial charge in [0.1, 0.15) is 0 Å². The highest BCUT2D eigenvalue weighted by Gasteiger charge is 2.13. The number of hydrogen-bond donors (Lipinski definition) is 3. The number of nitrogens with two attached hydrogens (primary N) is 1. The van der Waals surface area contributed by atoms with Gasteiger partial charge >= 0.3 is 0 Å². The van der Waals surface area contributed by atoms with Gasteiger partial charge in [0.2, 0.25) is 5.91 Å². The second-order valence-electron chi connectivity index (χ2n) is 5.44. The standard InChI is InChI=1S/C16H25N3O2/c1-4-5-6-14(17)16(21)19-13-9-7-12(8-10-13)15(20)18-11(2)3/h7-11,14H,4-6,17H2,1-3H3,(H,18,20)(H,19,21). The highest BCUT2D eigenvalue weighted by atomic mass is 16.2. The first-order valence-corrected chi connectivity index (χ1v) is 7.41. The van der Waals surface area contributed by atoms with Crippen molar-refractivity contribution < 1.29 is 9.59 Å². The highest BCUT2D eigenvalue weighted by Crippen LogP contribution is 2.11. The third-order valence-electron chi connectivity index (χ3n) is 3.04. The number of rotatable bonds is 7. The number of carbonyl (C=O) groups excluding carboxylic acids is 2. The first-order chi connectivity index (χ1) is 9.93. The molecule has 1 aromatic carbocycles. The topological polar surface area (TPSA) is 84.2 Å². The largest absolute Gasteiger partial charge is 0.350 e. The SMILES string of the molecule is CCCCC(N)C(=O)Nc1ccc(C(=O)NC(C)C)cc1. The van der Waals surface area contributed by atoms with Crippen LogP contribution in [0, 0.1) is 0 Å². The van der Waals surface area contributed by atoms with E-state index in [0.29, 0.717) is 17.7 Å². The number of hydrogen-bond acceptors (Lipinski definition) is 3. The first kappa shape index (κ1) is 17.2. The Kier molecular flexibility index (Phi) is 6.88. The van der Waals surface area contributed by atoms with E-state index in [2.05, 4.69) is 17.6 Å². The van der Waals surface area contributed by atoms with Crippen molar-refractivity contribution in [3.8, 4) is 0 Å². The maximum absolute atomic E-state index is 11.9. The molecule has 0 heterocycles. The fourth-order valence-electron chi connectivity index (χ4n) is 1.84. The van der Waals surface area contributed by atoms with E-state index in [0.717, 1.165) is 12.8 Å². The van der Waals surface area contributed by atoms with E-state index in [4.69, 9.17) is 5.73 Å². The molecule has 1 aromatic rings. The van der Waals surface area contributed by atoms with Gasteiger partial charge in [-0.2, -0.15) is 0 Å². The van der Waals surface area contributed by atoms with E-state index in [1.54, 1.807) is 24.3 Å². The minimum atomic E-state index is -0.492. The molecule has 0 spiro atoms. The van der Waals surface area contributed by atoms with Gasteiger partial charge in [-0.1, -0.05) is 19.8 Å². The summed E-state index contributed by atoms with van der Waals surface area (Å²) >= 11 is 0. The van der Waals surface area contributed by atoms with Gasteiger partial charge in [-0.25, -0.2) is 0 Å². The number of unbranched alkanes of at least 4 members (excludes halogenated alkanes) is 1. The molecular formula is C16H25N3O2. The average molecular weight is 291 g/mol. The number of anilines is 1. The molecule has 5 nitrogen and oxygen atoms in total. The Hall–Kier alpha value is -1.88. The molecule has 21 heavy (non-hydrogen) atoms. The minimum absolute atomic E-state index is 0.0912. The summed E-state index contributed by atoms with van der Waals surface area (Å²) in [5, 5.41) is 5.58. The van der Waals surface area contributed by atoms with Crippen molar-refractivity contribution in [3.63, 3.8) is 0 Å². The molecule has 2 amide bonds. The van der Waals surface area contributed by atoms with Crippen LogP contribution < -0.4 is 16.4 Å². The Morgan fingerprint density at radius 3 is 2.33 bits per heavy atom. The summed E-state index contributed by atoms with van der Waals surface area (Å²) in [4.78, 5) is 23.7. The first-order valence-electron chi connectivity index (χ1n) is 7.41. The maximum atomic E-state index is 11.9. The van der Waals surface area contributed by atoms with Crippen LogP contribution in [0.2, 0.25) is 0 Å². The van der Waals surface area contributed by atoms with Gasteiger partial charge in [0, 0.05) is 17.3 Å². The summed E-state index contributed by atoms with van der Waals surface area (Å²) in [6, 6.07) is 6.39. The molecule has 0 bridgehead atoms. The van der Waals surface area contributed by atoms with E-state index >= 15 is 0 Å². The number of nitrogens with one attached hydrogen (secondary N) is 2. The van der Waals surface area contributed by atoms with Crippen molar-refractivity contribution in [1.82, 2.24) is 5.32 Å². The van der Waals surface area contributed by atoms with Crippen molar-refractivity contribution in [2.24, 2.45) is 5.73 Å². The Balaban J connectivity index is 2.58. The van der Waals surface area contributed by atoms with Gasteiger partial charge < -0.3 is 16.4 Å². The normalized spacial score (nSPS) is 12.0. The number of benzene rings is 1. The molecule has 1 atom stereocenters. The van der Waals surface area contributed by atoms with Crippen LogP contribution in [0.1, 0.15) is 50.4 Å². The molecule has 0 fully saturated rings. The molecule has 1 unspecified atom stereocenters. The number of carbonyl (C=O) groups is 2. The van der Waals surface area contributed by atoms with E-state index in [9.17, 15) is 9.59 Å². The molecule has 1 rings (SSSR count). The Bertz CT molecular complexity index is 469. The van der Waals surface area contributed by atoms with Crippen LogP contribution in [0.4, 0.5) is 5.69 Å².